The lowest BCUT2D eigenvalue weighted by Gasteiger charge is -2.58. The van der Waals surface area contributed by atoms with Gasteiger partial charge in [-0.1, -0.05) is 20.8 Å². The molecule has 1 unspecified atom stereocenters. The van der Waals surface area contributed by atoms with Crippen molar-refractivity contribution in [2.75, 3.05) is 0 Å². The second kappa shape index (κ2) is 7.02. The molecule has 0 aromatic heterocycles. The average Bonchev–Trinajstić information content (AvgIpc) is 3.01. The Kier molecular flexibility index (Phi) is 5.02. The predicted octanol–water partition coefficient (Wildman–Crippen LogP) is 4.07. The maximum Gasteiger partial charge on any atom is 0.303 e. The molecule has 4 fully saturated rings. The number of carbonyl (C=O) groups is 4. The van der Waals surface area contributed by atoms with Crippen molar-refractivity contribution in [1.29, 1.82) is 0 Å². The minimum Gasteiger partial charge on any atom is -0.481 e. The number of Topliss-reactive ketones (excluding diaryl/α,β-unsaturated/α-hetero) is 3. The summed E-state index contributed by atoms with van der Waals surface area (Å²) in [7, 11) is 0. The first-order chi connectivity index (χ1) is 13.6. The molecule has 0 amide bonds. The quantitative estimate of drug-likeness (QED) is 0.766. The van der Waals surface area contributed by atoms with Crippen LogP contribution < -0.4 is 0 Å². The first-order valence-corrected chi connectivity index (χ1v) is 11.4. The Balaban J connectivity index is 1.63. The lowest BCUT2D eigenvalue weighted by Crippen LogP contribution is -2.60. The van der Waals surface area contributed by atoms with Crippen molar-refractivity contribution >= 4 is 23.3 Å². The van der Waals surface area contributed by atoms with Crippen LogP contribution in [0.4, 0.5) is 0 Å². The number of rotatable bonds is 4. The van der Waals surface area contributed by atoms with E-state index < -0.39 is 11.4 Å². The Morgan fingerprint density at radius 3 is 2.52 bits per heavy atom. The normalized spacial score (nSPS) is 45.3. The molecule has 5 heteroatoms. The minimum atomic E-state index is -0.792. The minimum absolute atomic E-state index is 0.0659. The third kappa shape index (κ3) is 3.02. The van der Waals surface area contributed by atoms with Crippen LogP contribution in [0.25, 0.3) is 0 Å². The molecular weight excluding hydrogens is 368 g/mol. The Hall–Kier alpha value is -1.52. The molecule has 4 aliphatic carbocycles. The molecule has 0 saturated heterocycles. The van der Waals surface area contributed by atoms with Gasteiger partial charge in [0.1, 0.15) is 17.3 Å². The molecule has 5 nitrogen and oxygen atoms in total. The van der Waals surface area contributed by atoms with E-state index in [9.17, 15) is 19.2 Å². The van der Waals surface area contributed by atoms with E-state index in [2.05, 4.69) is 20.8 Å². The number of carboxylic acids is 1. The van der Waals surface area contributed by atoms with Crippen molar-refractivity contribution in [3.05, 3.63) is 0 Å². The number of ketones is 3. The molecule has 0 aromatic carbocycles. The monoisotopic (exact) mass is 402 g/mol. The summed E-state index contributed by atoms with van der Waals surface area (Å²) in [6.07, 6.45) is 5.33. The van der Waals surface area contributed by atoms with Crippen LogP contribution in [0.3, 0.4) is 0 Å². The van der Waals surface area contributed by atoms with Gasteiger partial charge in [0.15, 0.2) is 0 Å². The van der Waals surface area contributed by atoms with Gasteiger partial charge in [0.05, 0.1) is 0 Å². The molecule has 0 bridgehead atoms. The van der Waals surface area contributed by atoms with Crippen molar-refractivity contribution < 1.29 is 24.3 Å². The zero-order valence-corrected chi connectivity index (χ0v) is 17.9. The number of fused-ring (bicyclic) bond motifs is 5. The average molecular weight is 403 g/mol. The molecule has 0 aromatic rings. The molecule has 1 N–H and O–H groups in total. The van der Waals surface area contributed by atoms with Crippen LogP contribution in [0, 0.1) is 46.3 Å². The van der Waals surface area contributed by atoms with Crippen molar-refractivity contribution in [3.63, 3.8) is 0 Å². The summed E-state index contributed by atoms with van der Waals surface area (Å²) in [6.45, 7) is 6.37. The van der Waals surface area contributed by atoms with Crippen molar-refractivity contribution in [1.82, 2.24) is 0 Å². The number of hydrogen-bond acceptors (Lipinski definition) is 4. The fourth-order valence-electron chi connectivity index (χ4n) is 7.94. The van der Waals surface area contributed by atoms with Crippen LogP contribution in [-0.4, -0.2) is 28.4 Å². The molecule has 4 saturated carbocycles. The van der Waals surface area contributed by atoms with Gasteiger partial charge in [-0.05, 0) is 60.7 Å². The predicted molar refractivity (Wildman–Crippen MR) is 107 cm³/mol. The summed E-state index contributed by atoms with van der Waals surface area (Å²) in [5, 5.41) is 9.06. The van der Waals surface area contributed by atoms with Crippen LogP contribution in [-0.2, 0) is 19.2 Å². The standard InChI is InChI=1S/C24H34O5/c1-13(4-7-21(28)29)16-5-6-17-22-18(12-20(27)24(16,17)3)23(2)9-8-15(25)10-14(23)11-19(22)26/h13-14,16-18,22H,4-12H2,1-3H3,(H,28,29)/t13-,14+,16-,17+,18+,22?,23+,24-/m1/s1. The van der Waals surface area contributed by atoms with E-state index in [1.807, 2.05) is 0 Å². The lowest BCUT2D eigenvalue weighted by atomic mass is 9.44. The molecule has 4 rings (SSSR count). The van der Waals surface area contributed by atoms with Gasteiger partial charge in [0, 0.05) is 43.4 Å². The smallest absolute Gasteiger partial charge is 0.303 e. The molecule has 8 atom stereocenters. The molecule has 29 heavy (non-hydrogen) atoms. The fraction of sp³-hybridized carbons (Fsp3) is 0.833. The van der Waals surface area contributed by atoms with Crippen LogP contribution in [0.1, 0.15) is 78.6 Å². The van der Waals surface area contributed by atoms with Crippen LogP contribution in [0.2, 0.25) is 0 Å². The van der Waals surface area contributed by atoms with Gasteiger partial charge in [-0.15, -0.1) is 0 Å². The van der Waals surface area contributed by atoms with Crippen LogP contribution in [0.5, 0.6) is 0 Å². The van der Waals surface area contributed by atoms with Gasteiger partial charge in [-0.3, -0.25) is 19.2 Å². The van der Waals surface area contributed by atoms with Crippen molar-refractivity contribution in [2.24, 2.45) is 46.3 Å². The third-order valence-electron chi connectivity index (χ3n) is 9.72. The first-order valence-electron chi connectivity index (χ1n) is 11.4. The highest BCUT2D eigenvalue weighted by molar-refractivity contribution is 5.93. The van der Waals surface area contributed by atoms with Gasteiger partial charge in [0.25, 0.3) is 0 Å². The summed E-state index contributed by atoms with van der Waals surface area (Å²) in [6, 6.07) is 0. The van der Waals surface area contributed by atoms with E-state index in [0.717, 1.165) is 19.3 Å². The van der Waals surface area contributed by atoms with Crippen LogP contribution in [0.15, 0.2) is 0 Å². The first kappa shape index (κ1) is 20.7. The van der Waals surface area contributed by atoms with Gasteiger partial charge >= 0.3 is 5.97 Å². The summed E-state index contributed by atoms with van der Waals surface area (Å²) in [5.74, 6) is 0.524. The van der Waals surface area contributed by atoms with E-state index in [4.69, 9.17) is 5.11 Å². The van der Waals surface area contributed by atoms with Crippen molar-refractivity contribution in [3.8, 4) is 0 Å². The van der Waals surface area contributed by atoms with E-state index in [1.165, 1.54) is 0 Å². The largest absolute Gasteiger partial charge is 0.481 e. The third-order valence-corrected chi connectivity index (χ3v) is 9.72. The number of hydrogen-bond donors (Lipinski definition) is 1. The molecule has 0 heterocycles. The fourth-order valence-corrected chi connectivity index (χ4v) is 7.94. The maximum absolute atomic E-state index is 13.6. The van der Waals surface area contributed by atoms with Gasteiger partial charge < -0.3 is 5.11 Å². The van der Waals surface area contributed by atoms with Gasteiger partial charge in [-0.25, -0.2) is 0 Å². The highest BCUT2D eigenvalue weighted by Crippen LogP contribution is 2.66. The summed E-state index contributed by atoms with van der Waals surface area (Å²) in [5.41, 5.74) is -0.598. The second-order valence-electron chi connectivity index (χ2n) is 10.9. The van der Waals surface area contributed by atoms with Crippen molar-refractivity contribution in [2.45, 2.75) is 78.6 Å². The van der Waals surface area contributed by atoms with Crippen LogP contribution >= 0.6 is 0 Å². The molecular formula is C24H34O5. The molecule has 4 aliphatic rings. The van der Waals surface area contributed by atoms with E-state index in [0.29, 0.717) is 32.1 Å². The number of aliphatic carboxylic acids is 1. The summed E-state index contributed by atoms with van der Waals surface area (Å²) in [4.78, 5) is 50.0. The maximum atomic E-state index is 13.6. The van der Waals surface area contributed by atoms with E-state index in [1.54, 1.807) is 0 Å². The molecule has 0 aliphatic heterocycles. The number of carboxylic acid groups (broad SMARTS) is 1. The Labute approximate surface area is 173 Å². The number of carbonyl (C=O) groups excluding carboxylic acids is 3. The molecule has 0 spiro atoms. The highest BCUT2D eigenvalue weighted by atomic mass is 16.4. The molecule has 160 valence electrons. The Bertz CT molecular complexity index is 756. The lowest BCUT2D eigenvalue weighted by molar-refractivity contribution is -0.166. The Morgan fingerprint density at radius 1 is 1.10 bits per heavy atom. The van der Waals surface area contributed by atoms with E-state index >= 15 is 0 Å². The molecule has 0 radical (unpaired) electrons. The summed E-state index contributed by atoms with van der Waals surface area (Å²) >= 11 is 0. The zero-order chi connectivity index (χ0) is 21.1. The highest BCUT2D eigenvalue weighted by Gasteiger charge is 2.66. The summed E-state index contributed by atoms with van der Waals surface area (Å²) < 4.78 is 0. The Morgan fingerprint density at radius 2 is 1.83 bits per heavy atom. The second-order valence-corrected chi connectivity index (χ2v) is 10.9. The zero-order valence-electron chi connectivity index (χ0n) is 17.9. The van der Waals surface area contributed by atoms with Gasteiger partial charge in [0.2, 0.25) is 0 Å². The van der Waals surface area contributed by atoms with Gasteiger partial charge in [-0.2, -0.15) is 0 Å². The SMILES string of the molecule is C[C@H](CCC(=O)O)[C@H]1CC[C@H]2C3C(=O)C[C@@H]4CC(=O)CC[C@]4(C)[C@H]3CC(=O)[C@]12C. The van der Waals surface area contributed by atoms with E-state index in [-0.39, 0.29) is 64.7 Å². The topological polar surface area (TPSA) is 88.5 Å².